The Hall–Kier alpha value is -2.28. The molecule has 0 radical (unpaired) electrons. The van der Waals surface area contributed by atoms with Gasteiger partial charge in [-0.05, 0) is 73.8 Å². The number of allylic oxidation sites excluding steroid dienone is 5. The molecule has 0 unspecified atom stereocenters. The van der Waals surface area contributed by atoms with Crippen LogP contribution in [0.25, 0.3) is 0 Å². The predicted octanol–water partition coefficient (Wildman–Crippen LogP) is 5.93. The van der Waals surface area contributed by atoms with E-state index in [1.807, 2.05) is 0 Å². The van der Waals surface area contributed by atoms with Crippen LogP contribution in [0.3, 0.4) is 0 Å². The lowest BCUT2D eigenvalue weighted by molar-refractivity contribution is -0.200. The molecule has 1 aliphatic heterocycles. The SMILES string of the molecule is C=C1C=C[C@@]2(C)C(=C1)CC[C@@H]1[C@@H]2[C@@H](O)C[C@@]2(C)[C@H]1C[C@@H]1O[C@@H](CCC)O[C@]12C(=O)COc1ccc(F)cc1. The number of Topliss-reactive ketones (excluding diaryl/α,β-unsaturated/α-hetero) is 1. The van der Waals surface area contributed by atoms with Crippen LogP contribution in [-0.4, -0.2) is 41.6 Å². The van der Waals surface area contributed by atoms with Gasteiger partial charge in [0, 0.05) is 16.7 Å². The van der Waals surface area contributed by atoms with Crippen LogP contribution in [-0.2, 0) is 14.3 Å². The van der Waals surface area contributed by atoms with E-state index >= 15 is 0 Å². The van der Waals surface area contributed by atoms with Gasteiger partial charge in [-0.1, -0.05) is 57.6 Å². The third-order valence-corrected chi connectivity index (χ3v) is 10.5. The number of carbonyl (C=O) groups excluding carboxylic acids is 1. The maximum atomic E-state index is 14.2. The van der Waals surface area contributed by atoms with Gasteiger partial charge in [-0.25, -0.2) is 4.39 Å². The molecule has 0 amide bonds. The van der Waals surface area contributed by atoms with Crippen LogP contribution >= 0.6 is 0 Å². The standard InChI is InChI=1S/C32H39FO5/c1-5-6-28-37-27-16-24-23-12-7-20-15-19(2)13-14-30(20,3)29(23)25(34)17-31(24,4)32(27,38-28)26(35)18-36-22-10-8-21(33)9-11-22/h8-11,13-15,23-25,27-29,34H,2,5-7,12,16-18H2,1,3-4H3/t23-,24-,25-,27-,28+,29+,30-,31-,32+/m0/s1. The van der Waals surface area contributed by atoms with Crippen LogP contribution in [0, 0.1) is 34.4 Å². The molecule has 0 bridgehead atoms. The summed E-state index contributed by atoms with van der Waals surface area (Å²) >= 11 is 0. The van der Waals surface area contributed by atoms with Crippen molar-refractivity contribution in [2.45, 2.75) is 83.4 Å². The molecule has 9 atom stereocenters. The van der Waals surface area contributed by atoms with Crippen LogP contribution in [0.5, 0.6) is 5.75 Å². The Bertz CT molecular complexity index is 1190. The Morgan fingerprint density at radius 2 is 2.03 bits per heavy atom. The molecule has 5 aliphatic rings. The Kier molecular flexibility index (Phi) is 6.25. The molecule has 6 rings (SSSR count). The lowest BCUT2D eigenvalue weighted by Crippen LogP contribution is -2.63. The maximum absolute atomic E-state index is 14.2. The highest BCUT2D eigenvalue weighted by atomic mass is 19.1. The number of carbonyl (C=O) groups is 1. The highest BCUT2D eigenvalue weighted by Crippen LogP contribution is 2.69. The topological polar surface area (TPSA) is 65.0 Å². The fraction of sp³-hybridized carbons (Fsp3) is 0.594. The zero-order valence-electron chi connectivity index (χ0n) is 22.6. The number of aliphatic hydroxyl groups is 1. The summed E-state index contributed by atoms with van der Waals surface area (Å²) in [4.78, 5) is 14.2. The van der Waals surface area contributed by atoms with Crippen molar-refractivity contribution in [2.75, 3.05) is 6.61 Å². The van der Waals surface area contributed by atoms with Crippen LogP contribution in [0.1, 0.15) is 59.3 Å². The van der Waals surface area contributed by atoms with Crippen molar-refractivity contribution >= 4 is 5.78 Å². The van der Waals surface area contributed by atoms with Crippen molar-refractivity contribution in [3.63, 3.8) is 0 Å². The summed E-state index contributed by atoms with van der Waals surface area (Å²) in [7, 11) is 0. The number of aliphatic hydroxyl groups excluding tert-OH is 1. The van der Waals surface area contributed by atoms with E-state index in [4.69, 9.17) is 14.2 Å². The van der Waals surface area contributed by atoms with Gasteiger partial charge < -0.3 is 19.3 Å². The molecule has 1 aromatic carbocycles. The van der Waals surface area contributed by atoms with Gasteiger partial charge in [-0.15, -0.1) is 0 Å². The Labute approximate surface area is 224 Å². The van der Waals surface area contributed by atoms with Crippen molar-refractivity contribution in [1.29, 1.82) is 0 Å². The molecule has 3 saturated carbocycles. The molecule has 38 heavy (non-hydrogen) atoms. The molecular weight excluding hydrogens is 483 g/mol. The van der Waals surface area contributed by atoms with E-state index in [2.05, 4.69) is 45.6 Å². The highest BCUT2D eigenvalue weighted by molar-refractivity contribution is 5.91. The minimum absolute atomic E-state index is 0.0674. The van der Waals surface area contributed by atoms with E-state index in [1.54, 1.807) is 0 Å². The van der Waals surface area contributed by atoms with Gasteiger partial charge >= 0.3 is 0 Å². The molecule has 1 saturated heterocycles. The van der Waals surface area contributed by atoms with E-state index in [9.17, 15) is 14.3 Å². The monoisotopic (exact) mass is 522 g/mol. The average Bonchev–Trinajstić information content (AvgIpc) is 3.36. The average molecular weight is 523 g/mol. The number of halogens is 1. The van der Waals surface area contributed by atoms with Crippen molar-refractivity contribution in [1.82, 2.24) is 0 Å². The minimum Gasteiger partial charge on any atom is -0.486 e. The molecule has 1 heterocycles. The predicted molar refractivity (Wildman–Crippen MR) is 142 cm³/mol. The largest absolute Gasteiger partial charge is 0.486 e. The molecule has 204 valence electrons. The lowest BCUT2D eigenvalue weighted by Gasteiger charge is -2.59. The lowest BCUT2D eigenvalue weighted by atomic mass is 9.46. The summed E-state index contributed by atoms with van der Waals surface area (Å²) in [5, 5.41) is 11.8. The Balaban J connectivity index is 1.34. The zero-order valence-corrected chi connectivity index (χ0v) is 22.6. The molecule has 0 spiro atoms. The smallest absolute Gasteiger partial charge is 0.205 e. The van der Waals surface area contributed by atoms with Crippen LogP contribution in [0.4, 0.5) is 4.39 Å². The third kappa shape index (κ3) is 3.63. The first-order chi connectivity index (χ1) is 18.1. The quantitative estimate of drug-likeness (QED) is 0.502. The Morgan fingerprint density at radius 1 is 1.26 bits per heavy atom. The van der Waals surface area contributed by atoms with Gasteiger partial charge in [0.1, 0.15) is 18.2 Å². The minimum atomic E-state index is -1.18. The number of ether oxygens (including phenoxy) is 3. The number of hydrogen-bond acceptors (Lipinski definition) is 5. The van der Waals surface area contributed by atoms with Crippen molar-refractivity contribution in [2.24, 2.45) is 28.6 Å². The fourth-order valence-corrected chi connectivity index (χ4v) is 8.87. The Morgan fingerprint density at radius 3 is 2.76 bits per heavy atom. The van der Waals surface area contributed by atoms with Gasteiger partial charge in [0.15, 0.2) is 11.9 Å². The molecule has 1 N–H and O–H groups in total. The zero-order chi connectivity index (χ0) is 26.9. The summed E-state index contributed by atoms with van der Waals surface area (Å²) in [6.45, 7) is 10.4. The van der Waals surface area contributed by atoms with Gasteiger partial charge in [0.2, 0.25) is 5.78 Å². The normalized spacial score (nSPS) is 43.1. The van der Waals surface area contributed by atoms with Crippen molar-refractivity contribution in [3.05, 3.63) is 66.0 Å². The molecule has 6 heteroatoms. The molecular formula is C32H39FO5. The van der Waals surface area contributed by atoms with Crippen molar-refractivity contribution < 1.29 is 28.5 Å². The third-order valence-electron chi connectivity index (χ3n) is 10.5. The van der Waals surface area contributed by atoms with Crippen LogP contribution < -0.4 is 4.74 Å². The summed E-state index contributed by atoms with van der Waals surface area (Å²) < 4.78 is 32.4. The van der Waals surface area contributed by atoms with Crippen LogP contribution in [0.2, 0.25) is 0 Å². The molecule has 0 aromatic heterocycles. The first-order valence-corrected chi connectivity index (χ1v) is 14.1. The molecule has 4 aliphatic carbocycles. The molecule has 1 aromatic rings. The van der Waals surface area contributed by atoms with Crippen LogP contribution in [0.15, 0.2) is 60.2 Å². The number of fused-ring (bicyclic) bond motifs is 7. The van der Waals surface area contributed by atoms with Gasteiger partial charge in [-0.2, -0.15) is 0 Å². The summed E-state index contributed by atoms with van der Waals surface area (Å²) in [6.07, 6.45) is 9.82. The molecule has 5 nitrogen and oxygen atoms in total. The second-order valence-corrected chi connectivity index (χ2v) is 12.5. The van der Waals surface area contributed by atoms with Gasteiger partial charge in [0.25, 0.3) is 0 Å². The van der Waals surface area contributed by atoms with E-state index in [1.165, 1.54) is 29.8 Å². The van der Waals surface area contributed by atoms with Crippen molar-refractivity contribution in [3.8, 4) is 5.75 Å². The summed E-state index contributed by atoms with van der Waals surface area (Å²) in [5.74, 6) is 0.411. The number of benzene rings is 1. The second kappa shape index (κ2) is 9.14. The second-order valence-electron chi connectivity index (χ2n) is 12.5. The van der Waals surface area contributed by atoms with E-state index in [-0.39, 0.29) is 47.5 Å². The fourth-order valence-electron chi connectivity index (χ4n) is 8.87. The maximum Gasteiger partial charge on any atom is 0.205 e. The molecule has 4 fully saturated rings. The summed E-state index contributed by atoms with van der Waals surface area (Å²) in [5.41, 5.74) is 0.357. The van der Waals surface area contributed by atoms with Gasteiger partial charge in [-0.3, -0.25) is 4.79 Å². The number of rotatable bonds is 6. The first-order valence-electron chi connectivity index (χ1n) is 14.1. The number of hydrogen-bond donors (Lipinski definition) is 1. The number of ketones is 1. The first kappa shape index (κ1) is 26.0. The summed E-state index contributed by atoms with van der Waals surface area (Å²) in [6, 6.07) is 5.69. The van der Waals surface area contributed by atoms with E-state index < -0.39 is 23.4 Å². The van der Waals surface area contributed by atoms with E-state index in [0.29, 0.717) is 18.6 Å². The van der Waals surface area contributed by atoms with Gasteiger partial charge in [0.05, 0.1) is 12.2 Å². The van der Waals surface area contributed by atoms with E-state index in [0.717, 1.165) is 31.3 Å². The highest BCUT2D eigenvalue weighted by Gasteiger charge is 2.75.